The van der Waals surface area contributed by atoms with E-state index in [1.54, 1.807) is 12.1 Å². The van der Waals surface area contributed by atoms with E-state index in [0.29, 0.717) is 29.0 Å². The maximum atomic E-state index is 15.1. The van der Waals surface area contributed by atoms with E-state index in [-0.39, 0.29) is 30.8 Å². The maximum absolute atomic E-state index is 15.1. The molecule has 4 aliphatic heterocycles. The fraction of sp³-hybridized carbons (Fsp3) is 0.394. The molecule has 0 bridgehead atoms. The molecule has 0 aliphatic carbocycles. The number of hydrogen-bond acceptors (Lipinski definition) is 11. The summed E-state index contributed by atoms with van der Waals surface area (Å²) >= 11 is 0. The Morgan fingerprint density at radius 2 is 1.87 bits per heavy atom. The standard InChI is InChI=1S/C33H33F2N9O3/c34-33(35)20-44(31(45)23-7-9-37-17-23)10-8-29(33)47-28-6-1-22(15-24(28)16-36)30-38-21-39-32(41-30)40-25-2-4-26(5-3-25)42-11-13-43(14-12-42)27-18-46-19-27/h1-7,9,15,21,27,29H,8,10-14,17-20H2,(H,38,39,40,41)/t29-/m0/s1. The SMILES string of the molecule is N#Cc1cc(-c2ncnc(Nc3ccc(N4CCN(C5COC5)CC4)cc3)n2)ccc1O[C@H]1CCN(C(=O)C2=CC=NC2)CC1(F)F. The summed E-state index contributed by atoms with van der Waals surface area (Å²) in [6, 6.07) is 15.3. The zero-order chi connectivity index (χ0) is 32.4. The minimum atomic E-state index is -3.31. The lowest BCUT2D eigenvalue weighted by molar-refractivity contribution is -0.157. The number of rotatable bonds is 8. The molecule has 2 aromatic carbocycles. The average Bonchev–Trinajstić information content (AvgIpc) is 3.61. The van der Waals surface area contributed by atoms with Gasteiger partial charge in [0.2, 0.25) is 5.95 Å². The number of nitrogens with zero attached hydrogens (tertiary/aromatic N) is 8. The number of anilines is 3. The molecule has 0 unspecified atom stereocenters. The van der Waals surface area contributed by atoms with Gasteiger partial charge in [-0.1, -0.05) is 0 Å². The smallest absolute Gasteiger partial charge is 0.301 e. The van der Waals surface area contributed by atoms with Crippen molar-refractivity contribution < 1.29 is 23.0 Å². The second-order valence-corrected chi connectivity index (χ2v) is 11.9. The Hall–Kier alpha value is -5.00. The van der Waals surface area contributed by atoms with E-state index >= 15 is 8.78 Å². The number of ether oxygens (including phenoxy) is 2. The molecule has 3 aromatic rings. The number of allylic oxidation sites excluding steroid dienone is 1. The third kappa shape index (κ3) is 6.63. The summed E-state index contributed by atoms with van der Waals surface area (Å²) in [5, 5.41) is 13.0. The van der Waals surface area contributed by atoms with Crippen LogP contribution in [0.4, 0.5) is 26.1 Å². The molecule has 4 aliphatic rings. The lowest BCUT2D eigenvalue weighted by Crippen LogP contribution is -2.56. The second kappa shape index (κ2) is 13.0. The van der Waals surface area contributed by atoms with E-state index in [1.807, 2.05) is 18.2 Å². The summed E-state index contributed by atoms with van der Waals surface area (Å²) in [5.41, 5.74) is 2.91. The molecule has 47 heavy (non-hydrogen) atoms. The highest BCUT2D eigenvalue weighted by molar-refractivity contribution is 5.99. The number of piperazine rings is 1. The summed E-state index contributed by atoms with van der Waals surface area (Å²) in [6.45, 7) is 5.16. The van der Waals surface area contributed by atoms with Gasteiger partial charge in [-0.15, -0.1) is 0 Å². The van der Waals surface area contributed by atoms with Crippen molar-refractivity contribution in [3.63, 3.8) is 0 Å². The molecular formula is C33H33F2N9O3. The summed E-state index contributed by atoms with van der Waals surface area (Å²) < 4.78 is 41.3. The van der Waals surface area contributed by atoms with Crippen LogP contribution in [0.25, 0.3) is 11.4 Å². The van der Waals surface area contributed by atoms with Crippen LogP contribution in [0.15, 0.2) is 65.4 Å². The number of carbonyl (C=O) groups excluding carboxylic acids is 1. The van der Waals surface area contributed by atoms with Crippen molar-refractivity contribution >= 4 is 29.4 Å². The third-order valence-corrected chi connectivity index (χ3v) is 8.88. The molecule has 0 radical (unpaired) electrons. The van der Waals surface area contributed by atoms with Crippen molar-refractivity contribution in [2.45, 2.75) is 24.5 Å². The van der Waals surface area contributed by atoms with Crippen molar-refractivity contribution in [1.29, 1.82) is 5.26 Å². The van der Waals surface area contributed by atoms with E-state index in [9.17, 15) is 10.1 Å². The Morgan fingerprint density at radius 3 is 2.55 bits per heavy atom. The van der Waals surface area contributed by atoms with Crippen molar-refractivity contribution in [1.82, 2.24) is 24.8 Å². The lowest BCUT2D eigenvalue weighted by atomic mass is 10.0. The molecule has 5 heterocycles. The van der Waals surface area contributed by atoms with Crippen LogP contribution in [-0.2, 0) is 9.53 Å². The minimum absolute atomic E-state index is 0.0264. The van der Waals surface area contributed by atoms with Crippen molar-refractivity contribution in [2.75, 3.05) is 69.2 Å². The van der Waals surface area contributed by atoms with Crippen molar-refractivity contribution in [3.05, 3.63) is 66.0 Å². The lowest BCUT2D eigenvalue weighted by Gasteiger charge is -2.43. The number of nitrogens with one attached hydrogen (secondary N) is 1. The molecule has 0 saturated carbocycles. The molecule has 3 saturated heterocycles. The molecule has 1 amide bonds. The largest absolute Gasteiger partial charge is 0.483 e. The van der Waals surface area contributed by atoms with E-state index < -0.39 is 24.5 Å². The molecule has 1 N–H and O–H groups in total. The first-order valence-corrected chi connectivity index (χ1v) is 15.6. The first kappa shape index (κ1) is 30.6. The first-order valence-electron chi connectivity index (χ1n) is 15.6. The monoisotopic (exact) mass is 641 g/mol. The number of nitriles is 1. The number of hydrogen-bond donors (Lipinski definition) is 1. The van der Waals surface area contributed by atoms with Gasteiger partial charge in [0.25, 0.3) is 5.91 Å². The van der Waals surface area contributed by atoms with E-state index in [4.69, 9.17) is 9.47 Å². The number of carbonyl (C=O) groups is 1. The first-order chi connectivity index (χ1) is 22.9. The van der Waals surface area contributed by atoms with E-state index in [2.05, 4.69) is 47.2 Å². The fourth-order valence-electron chi connectivity index (χ4n) is 6.10. The highest BCUT2D eigenvalue weighted by Crippen LogP contribution is 2.34. The Labute approximate surface area is 270 Å². The van der Waals surface area contributed by atoms with Gasteiger partial charge in [0.05, 0.1) is 37.9 Å². The van der Waals surface area contributed by atoms with Gasteiger partial charge >= 0.3 is 5.92 Å². The van der Waals surface area contributed by atoms with Gasteiger partial charge in [0.1, 0.15) is 18.1 Å². The van der Waals surface area contributed by atoms with E-state index in [1.165, 1.54) is 24.7 Å². The van der Waals surface area contributed by atoms with Crippen LogP contribution in [0.3, 0.4) is 0 Å². The summed E-state index contributed by atoms with van der Waals surface area (Å²) in [7, 11) is 0. The van der Waals surface area contributed by atoms with Gasteiger partial charge < -0.3 is 24.6 Å². The summed E-state index contributed by atoms with van der Waals surface area (Å²) in [4.78, 5) is 35.5. The molecule has 14 heteroatoms. The molecule has 7 rings (SSSR count). The number of amides is 1. The van der Waals surface area contributed by atoms with Crippen LogP contribution < -0.4 is 15.0 Å². The Bertz CT molecular complexity index is 1730. The molecule has 1 aromatic heterocycles. The Balaban J connectivity index is 0.979. The van der Waals surface area contributed by atoms with Gasteiger partial charge in [0, 0.05) is 67.9 Å². The quantitative estimate of drug-likeness (QED) is 0.391. The minimum Gasteiger partial charge on any atom is -0.483 e. The summed E-state index contributed by atoms with van der Waals surface area (Å²) in [5.74, 6) is -3.11. The number of aliphatic imine (C=N–C) groups is 1. The topological polar surface area (TPSA) is 132 Å². The molecule has 242 valence electrons. The number of likely N-dealkylation sites (tertiary alicyclic amines) is 1. The fourth-order valence-corrected chi connectivity index (χ4v) is 6.10. The normalized spacial score (nSPS) is 21.1. The Kier molecular flexibility index (Phi) is 8.48. The van der Waals surface area contributed by atoms with Crippen molar-refractivity contribution in [2.24, 2.45) is 4.99 Å². The Morgan fingerprint density at radius 1 is 1.06 bits per heavy atom. The highest BCUT2D eigenvalue weighted by Gasteiger charge is 2.48. The molecule has 12 nitrogen and oxygen atoms in total. The van der Waals surface area contributed by atoms with Gasteiger partial charge in [-0.25, -0.2) is 18.7 Å². The van der Waals surface area contributed by atoms with Crippen LogP contribution in [0, 0.1) is 11.3 Å². The average molecular weight is 642 g/mol. The number of benzene rings is 2. The number of halogens is 2. The number of alkyl halides is 2. The van der Waals surface area contributed by atoms with Gasteiger partial charge in [0.15, 0.2) is 11.9 Å². The van der Waals surface area contributed by atoms with Gasteiger partial charge in [-0.3, -0.25) is 14.7 Å². The van der Waals surface area contributed by atoms with Gasteiger partial charge in [-0.2, -0.15) is 10.2 Å². The van der Waals surface area contributed by atoms with Crippen molar-refractivity contribution in [3.8, 4) is 23.2 Å². The zero-order valence-corrected chi connectivity index (χ0v) is 25.6. The molecular weight excluding hydrogens is 608 g/mol. The van der Waals surface area contributed by atoms with Crippen LogP contribution in [-0.4, -0.2) is 114 Å². The third-order valence-electron chi connectivity index (χ3n) is 8.88. The van der Waals surface area contributed by atoms with Crippen LogP contribution in [0.1, 0.15) is 12.0 Å². The van der Waals surface area contributed by atoms with Crippen LogP contribution in [0.5, 0.6) is 5.75 Å². The number of piperidine rings is 1. The predicted molar refractivity (Wildman–Crippen MR) is 170 cm³/mol. The van der Waals surface area contributed by atoms with Crippen LogP contribution in [0.2, 0.25) is 0 Å². The summed E-state index contributed by atoms with van der Waals surface area (Å²) in [6.07, 6.45) is 2.82. The van der Waals surface area contributed by atoms with Crippen LogP contribution >= 0.6 is 0 Å². The molecule has 3 fully saturated rings. The molecule has 1 atom stereocenters. The molecule has 0 spiro atoms. The second-order valence-electron chi connectivity index (χ2n) is 11.9. The van der Waals surface area contributed by atoms with E-state index in [0.717, 1.165) is 55.7 Å². The zero-order valence-electron chi connectivity index (χ0n) is 25.6. The predicted octanol–water partition coefficient (Wildman–Crippen LogP) is 3.30. The highest BCUT2D eigenvalue weighted by atomic mass is 19.3. The number of aromatic nitrogens is 3. The maximum Gasteiger partial charge on any atom is 0.301 e. The van der Waals surface area contributed by atoms with Gasteiger partial charge in [-0.05, 0) is 48.5 Å².